The van der Waals surface area contributed by atoms with Crippen molar-refractivity contribution in [2.24, 2.45) is 0 Å². The second-order valence-corrected chi connectivity index (χ2v) is 6.54. The molecule has 18 heavy (non-hydrogen) atoms. The summed E-state index contributed by atoms with van der Waals surface area (Å²) in [5.41, 5.74) is 1.45. The standard InChI is InChI=1S/C13H8ClNO2S/c14-18(16,17)11-6-5-10-7-9-3-1-2-4-12(9)15-13(10)8-11/h1-8H. The van der Waals surface area contributed by atoms with E-state index >= 15 is 0 Å². The summed E-state index contributed by atoms with van der Waals surface area (Å²) in [6.07, 6.45) is 0. The SMILES string of the molecule is O=S(=O)(Cl)c1ccc2cc3ccccc3nc2c1. The smallest absolute Gasteiger partial charge is 0.248 e. The van der Waals surface area contributed by atoms with Crippen molar-refractivity contribution in [2.75, 3.05) is 0 Å². The van der Waals surface area contributed by atoms with E-state index in [1.807, 2.05) is 30.3 Å². The molecule has 1 aromatic heterocycles. The first kappa shape index (κ1) is 11.4. The van der Waals surface area contributed by atoms with Gasteiger partial charge in [0.1, 0.15) is 0 Å². The minimum atomic E-state index is -3.72. The van der Waals surface area contributed by atoms with Gasteiger partial charge in [0, 0.05) is 21.5 Å². The van der Waals surface area contributed by atoms with Gasteiger partial charge in [-0.25, -0.2) is 13.4 Å². The summed E-state index contributed by atoms with van der Waals surface area (Å²) in [5, 5.41) is 1.91. The topological polar surface area (TPSA) is 47.0 Å². The van der Waals surface area contributed by atoms with Gasteiger partial charge in [-0.05, 0) is 24.3 Å². The maximum Gasteiger partial charge on any atom is 0.261 e. The maximum atomic E-state index is 11.3. The third-order valence-corrected chi connectivity index (χ3v) is 4.12. The highest BCUT2D eigenvalue weighted by Crippen LogP contribution is 2.23. The lowest BCUT2D eigenvalue weighted by molar-refractivity contribution is 0.609. The lowest BCUT2D eigenvalue weighted by Gasteiger charge is -2.02. The zero-order valence-electron chi connectivity index (χ0n) is 9.17. The Labute approximate surface area is 108 Å². The van der Waals surface area contributed by atoms with E-state index in [2.05, 4.69) is 4.98 Å². The van der Waals surface area contributed by atoms with E-state index in [0.29, 0.717) is 5.52 Å². The maximum absolute atomic E-state index is 11.3. The summed E-state index contributed by atoms with van der Waals surface area (Å²) < 4.78 is 22.6. The van der Waals surface area contributed by atoms with Crippen LogP contribution < -0.4 is 0 Å². The first-order valence-electron chi connectivity index (χ1n) is 5.28. The molecule has 90 valence electrons. The molecule has 0 aliphatic carbocycles. The van der Waals surface area contributed by atoms with Crippen molar-refractivity contribution in [1.29, 1.82) is 0 Å². The van der Waals surface area contributed by atoms with Gasteiger partial charge in [-0.2, -0.15) is 0 Å². The van der Waals surface area contributed by atoms with Crippen molar-refractivity contribution >= 4 is 41.5 Å². The minimum Gasteiger partial charge on any atom is -0.248 e. The Balaban J connectivity index is 2.37. The number of hydrogen-bond acceptors (Lipinski definition) is 3. The average Bonchev–Trinajstić information content (AvgIpc) is 2.34. The molecule has 0 aliphatic heterocycles. The van der Waals surface area contributed by atoms with Crippen LogP contribution in [0.15, 0.2) is 53.4 Å². The number of benzene rings is 2. The molecule has 5 heteroatoms. The molecular weight excluding hydrogens is 270 g/mol. The molecule has 3 rings (SSSR count). The monoisotopic (exact) mass is 277 g/mol. The summed E-state index contributed by atoms with van der Waals surface area (Å²) in [5.74, 6) is 0. The number of pyridine rings is 1. The predicted octanol–water partition coefficient (Wildman–Crippen LogP) is 3.32. The molecule has 0 saturated heterocycles. The third kappa shape index (κ3) is 1.94. The highest BCUT2D eigenvalue weighted by Gasteiger charge is 2.11. The van der Waals surface area contributed by atoms with E-state index in [1.54, 1.807) is 6.07 Å². The molecule has 1 heterocycles. The summed E-state index contributed by atoms with van der Waals surface area (Å²) in [4.78, 5) is 4.50. The van der Waals surface area contributed by atoms with Crippen LogP contribution in [-0.2, 0) is 9.05 Å². The zero-order valence-corrected chi connectivity index (χ0v) is 10.7. The molecule has 0 spiro atoms. The lowest BCUT2D eigenvalue weighted by Crippen LogP contribution is -1.91. The molecule has 0 radical (unpaired) electrons. The number of aromatic nitrogens is 1. The van der Waals surface area contributed by atoms with Gasteiger partial charge in [-0.3, -0.25) is 0 Å². The van der Waals surface area contributed by atoms with Crippen molar-refractivity contribution in [3.8, 4) is 0 Å². The number of nitrogens with zero attached hydrogens (tertiary/aromatic N) is 1. The zero-order chi connectivity index (χ0) is 12.8. The Morgan fingerprint density at radius 2 is 1.61 bits per heavy atom. The first-order valence-corrected chi connectivity index (χ1v) is 7.59. The Morgan fingerprint density at radius 3 is 2.39 bits per heavy atom. The molecule has 3 nitrogen and oxygen atoms in total. The van der Waals surface area contributed by atoms with Crippen molar-refractivity contribution in [3.05, 3.63) is 48.5 Å². The highest BCUT2D eigenvalue weighted by atomic mass is 35.7. The van der Waals surface area contributed by atoms with Crippen molar-refractivity contribution in [1.82, 2.24) is 4.98 Å². The third-order valence-electron chi connectivity index (χ3n) is 2.77. The van der Waals surface area contributed by atoms with Crippen LogP contribution in [0.5, 0.6) is 0 Å². The Bertz CT molecular complexity index is 859. The number of para-hydroxylation sites is 1. The molecule has 0 fully saturated rings. The van der Waals surface area contributed by atoms with Crippen LogP contribution in [0.3, 0.4) is 0 Å². The molecule has 0 bridgehead atoms. The largest absolute Gasteiger partial charge is 0.261 e. The Hall–Kier alpha value is -1.65. The van der Waals surface area contributed by atoms with Gasteiger partial charge in [-0.1, -0.05) is 24.3 Å². The van der Waals surface area contributed by atoms with Gasteiger partial charge in [0.15, 0.2) is 0 Å². The molecule has 0 aliphatic rings. The Kier molecular flexibility index (Phi) is 2.50. The molecule has 0 N–H and O–H groups in total. The summed E-state index contributed by atoms with van der Waals surface area (Å²) in [6, 6.07) is 14.3. The summed E-state index contributed by atoms with van der Waals surface area (Å²) in [7, 11) is 1.61. The van der Waals surface area contributed by atoms with E-state index in [4.69, 9.17) is 10.7 Å². The van der Waals surface area contributed by atoms with Gasteiger partial charge in [0.05, 0.1) is 15.9 Å². The normalized spacial score (nSPS) is 12.1. The van der Waals surface area contributed by atoms with E-state index < -0.39 is 9.05 Å². The van der Waals surface area contributed by atoms with Crippen LogP contribution in [-0.4, -0.2) is 13.4 Å². The molecule has 0 atom stereocenters. The minimum absolute atomic E-state index is 0.0689. The van der Waals surface area contributed by atoms with E-state index in [-0.39, 0.29) is 4.90 Å². The number of rotatable bonds is 1. The van der Waals surface area contributed by atoms with Crippen LogP contribution in [0.2, 0.25) is 0 Å². The van der Waals surface area contributed by atoms with Crippen LogP contribution >= 0.6 is 10.7 Å². The number of hydrogen-bond donors (Lipinski definition) is 0. The predicted molar refractivity (Wildman–Crippen MR) is 72.3 cm³/mol. The number of fused-ring (bicyclic) bond motifs is 2. The average molecular weight is 278 g/mol. The quantitative estimate of drug-likeness (QED) is 0.506. The van der Waals surface area contributed by atoms with Gasteiger partial charge in [0.25, 0.3) is 9.05 Å². The van der Waals surface area contributed by atoms with Crippen molar-refractivity contribution < 1.29 is 8.42 Å². The molecule has 2 aromatic carbocycles. The molecule has 0 amide bonds. The fraction of sp³-hybridized carbons (Fsp3) is 0. The lowest BCUT2D eigenvalue weighted by atomic mass is 10.1. The second-order valence-electron chi connectivity index (χ2n) is 3.97. The molecular formula is C13H8ClNO2S. The van der Waals surface area contributed by atoms with Gasteiger partial charge >= 0.3 is 0 Å². The van der Waals surface area contributed by atoms with Crippen LogP contribution in [0.1, 0.15) is 0 Å². The van der Waals surface area contributed by atoms with E-state index in [1.165, 1.54) is 12.1 Å². The second kappa shape index (κ2) is 3.93. The summed E-state index contributed by atoms with van der Waals surface area (Å²) >= 11 is 0. The van der Waals surface area contributed by atoms with Crippen LogP contribution in [0, 0.1) is 0 Å². The van der Waals surface area contributed by atoms with Crippen LogP contribution in [0.25, 0.3) is 21.8 Å². The Morgan fingerprint density at radius 1 is 0.889 bits per heavy atom. The van der Waals surface area contributed by atoms with Crippen molar-refractivity contribution in [3.63, 3.8) is 0 Å². The molecule has 3 aromatic rings. The van der Waals surface area contributed by atoms with Crippen molar-refractivity contribution in [2.45, 2.75) is 4.90 Å². The fourth-order valence-electron chi connectivity index (χ4n) is 1.90. The van der Waals surface area contributed by atoms with Gasteiger partial charge in [0.2, 0.25) is 0 Å². The van der Waals surface area contributed by atoms with Crippen LogP contribution in [0.4, 0.5) is 0 Å². The van der Waals surface area contributed by atoms with E-state index in [9.17, 15) is 8.42 Å². The highest BCUT2D eigenvalue weighted by molar-refractivity contribution is 8.13. The van der Waals surface area contributed by atoms with E-state index in [0.717, 1.165) is 16.3 Å². The summed E-state index contributed by atoms with van der Waals surface area (Å²) in [6.45, 7) is 0. The van der Waals surface area contributed by atoms with Gasteiger partial charge < -0.3 is 0 Å². The fourth-order valence-corrected chi connectivity index (χ4v) is 2.67. The first-order chi connectivity index (χ1) is 8.54. The molecule has 0 saturated carbocycles. The molecule has 0 unspecified atom stereocenters. The van der Waals surface area contributed by atoms with Gasteiger partial charge in [-0.15, -0.1) is 0 Å². The number of halogens is 1.